The molecule has 166 valence electrons. The molecule has 0 aliphatic carbocycles. The number of carbonyl (C=O) groups excluding carboxylic acids is 2. The lowest BCUT2D eigenvalue weighted by molar-refractivity contribution is -0.288. The Bertz CT molecular complexity index is 1170. The molecule has 3 aromatic rings. The molecule has 1 aromatic heterocycles. The zero-order chi connectivity index (χ0) is 23.1. The molecular weight excluding hydrogens is 449 g/mol. The molecule has 2 aromatic carbocycles. The van der Waals surface area contributed by atoms with Crippen LogP contribution in [0, 0.1) is 5.92 Å². The van der Waals surface area contributed by atoms with Gasteiger partial charge in [-0.05, 0) is 24.3 Å². The first-order chi connectivity index (χ1) is 15.1. The van der Waals surface area contributed by atoms with Crippen LogP contribution in [0.2, 0.25) is 5.02 Å². The molecule has 32 heavy (non-hydrogen) atoms. The maximum absolute atomic E-state index is 13.9. The van der Waals surface area contributed by atoms with Gasteiger partial charge in [-0.1, -0.05) is 54.1 Å². The summed E-state index contributed by atoms with van der Waals surface area (Å²) in [7, 11) is 0. The Labute approximate surface area is 185 Å². The highest BCUT2D eigenvalue weighted by Crippen LogP contribution is 2.45. The first-order valence-electron chi connectivity index (χ1n) is 9.43. The quantitative estimate of drug-likeness (QED) is 0.488. The van der Waals surface area contributed by atoms with Crippen molar-refractivity contribution in [1.29, 1.82) is 0 Å². The van der Waals surface area contributed by atoms with E-state index in [-0.39, 0.29) is 17.1 Å². The number of rotatable bonds is 4. The van der Waals surface area contributed by atoms with E-state index in [1.54, 1.807) is 30.3 Å². The van der Waals surface area contributed by atoms with Crippen LogP contribution >= 0.6 is 11.6 Å². The zero-order valence-corrected chi connectivity index (χ0v) is 16.9. The molecule has 4 rings (SSSR count). The first-order valence-corrected chi connectivity index (χ1v) is 9.81. The summed E-state index contributed by atoms with van der Waals surface area (Å²) in [6.07, 6.45) is -5.35. The monoisotopic (exact) mass is 464 g/mol. The summed E-state index contributed by atoms with van der Waals surface area (Å²) in [5.41, 5.74) is -3.43. The lowest BCUT2D eigenvalue weighted by Crippen LogP contribution is -2.72. The van der Waals surface area contributed by atoms with Crippen molar-refractivity contribution in [2.75, 3.05) is 0 Å². The van der Waals surface area contributed by atoms with E-state index < -0.39 is 35.7 Å². The van der Waals surface area contributed by atoms with Gasteiger partial charge in [-0.2, -0.15) is 13.2 Å². The fourth-order valence-corrected chi connectivity index (χ4v) is 3.91. The Kier molecular flexibility index (Phi) is 5.47. The van der Waals surface area contributed by atoms with Crippen molar-refractivity contribution in [2.24, 2.45) is 5.92 Å². The number of halogens is 4. The fraction of sp³-hybridized carbons (Fsp3) is 0.182. The number of alkyl halides is 3. The fourth-order valence-electron chi connectivity index (χ4n) is 3.68. The van der Waals surface area contributed by atoms with Gasteiger partial charge in [-0.3, -0.25) is 4.79 Å². The summed E-state index contributed by atoms with van der Waals surface area (Å²) in [5.74, 6) is -3.13. The minimum Gasteiger partial charge on any atom is -0.459 e. The van der Waals surface area contributed by atoms with Crippen LogP contribution in [0.25, 0.3) is 11.3 Å². The minimum absolute atomic E-state index is 0.0685. The molecule has 3 N–H and O–H groups in total. The van der Waals surface area contributed by atoms with Gasteiger partial charge < -0.3 is 20.2 Å². The van der Waals surface area contributed by atoms with Crippen LogP contribution in [-0.2, 0) is 0 Å². The molecule has 1 fully saturated rings. The molecule has 1 saturated heterocycles. The normalized spacial score (nSPS) is 23.3. The number of amides is 2. The largest absolute Gasteiger partial charge is 0.459 e. The van der Waals surface area contributed by atoms with Crippen LogP contribution in [0.1, 0.15) is 22.2 Å². The van der Waals surface area contributed by atoms with Crippen LogP contribution in [0.3, 0.4) is 0 Å². The Morgan fingerprint density at radius 3 is 2.34 bits per heavy atom. The predicted octanol–water partition coefficient (Wildman–Crippen LogP) is 4.70. The molecule has 10 heteroatoms. The number of carbonyl (C=O) groups is 2. The highest BCUT2D eigenvalue weighted by Gasteiger charge is 2.66. The van der Waals surface area contributed by atoms with Crippen molar-refractivity contribution in [3.8, 4) is 11.3 Å². The van der Waals surface area contributed by atoms with Crippen molar-refractivity contribution < 1.29 is 32.3 Å². The third kappa shape index (κ3) is 3.74. The number of hydrogen-bond acceptors (Lipinski definition) is 4. The molecule has 1 aliphatic rings. The average molecular weight is 465 g/mol. The Morgan fingerprint density at radius 1 is 1.03 bits per heavy atom. The van der Waals surface area contributed by atoms with Gasteiger partial charge in [0, 0.05) is 11.1 Å². The van der Waals surface area contributed by atoms with Gasteiger partial charge in [0.15, 0.2) is 5.78 Å². The summed E-state index contributed by atoms with van der Waals surface area (Å²) in [6.45, 7) is 0. The number of aliphatic hydroxyl groups is 1. The molecule has 2 amide bonds. The Morgan fingerprint density at radius 2 is 1.69 bits per heavy atom. The topological polar surface area (TPSA) is 91.6 Å². The third-order valence-electron chi connectivity index (χ3n) is 5.22. The van der Waals surface area contributed by atoms with Gasteiger partial charge in [0.2, 0.25) is 5.72 Å². The summed E-state index contributed by atoms with van der Waals surface area (Å²) < 4.78 is 47.5. The zero-order valence-electron chi connectivity index (χ0n) is 16.2. The molecule has 6 nitrogen and oxygen atoms in total. The van der Waals surface area contributed by atoms with Crippen LogP contribution < -0.4 is 10.6 Å². The molecule has 0 saturated carbocycles. The van der Waals surface area contributed by atoms with Gasteiger partial charge >= 0.3 is 12.2 Å². The minimum atomic E-state index is -5.35. The summed E-state index contributed by atoms with van der Waals surface area (Å²) in [6, 6.07) is 13.7. The van der Waals surface area contributed by atoms with E-state index in [9.17, 15) is 27.9 Å². The van der Waals surface area contributed by atoms with E-state index in [0.29, 0.717) is 10.6 Å². The van der Waals surface area contributed by atoms with E-state index in [4.69, 9.17) is 16.0 Å². The lowest BCUT2D eigenvalue weighted by atomic mass is 9.79. The van der Waals surface area contributed by atoms with E-state index in [1.165, 1.54) is 41.7 Å². The number of Topliss-reactive ketones (excluding diaryl/α,β-unsaturated/α-hetero) is 1. The van der Waals surface area contributed by atoms with Gasteiger partial charge in [0.1, 0.15) is 23.5 Å². The van der Waals surface area contributed by atoms with Gasteiger partial charge in [0.05, 0.1) is 5.02 Å². The standard InChI is InChI=1S/C22H16ClF3N2O4/c23-14-9-5-4-8-13(14)15-10-11-16(32-15)18-17(19(29)12-6-2-1-3-7-12)21(31,22(24,25)26)28-20(30)27-18/h1-11,17-18,31H,(H2,27,28,30)/t17-,18-,21+/m0/s1. The van der Waals surface area contributed by atoms with Gasteiger partial charge in [-0.15, -0.1) is 0 Å². The highest BCUT2D eigenvalue weighted by molar-refractivity contribution is 6.33. The number of hydrogen-bond donors (Lipinski definition) is 3. The van der Waals surface area contributed by atoms with Crippen molar-refractivity contribution in [2.45, 2.75) is 17.9 Å². The van der Waals surface area contributed by atoms with E-state index >= 15 is 0 Å². The molecule has 0 radical (unpaired) electrons. The molecular formula is C22H16ClF3N2O4. The first kappa shape index (κ1) is 21.9. The highest BCUT2D eigenvalue weighted by atomic mass is 35.5. The second-order valence-corrected chi connectivity index (χ2v) is 7.64. The second-order valence-electron chi connectivity index (χ2n) is 7.23. The summed E-state index contributed by atoms with van der Waals surface area (Å²) >= 11 is 6.16. The molecule has 0 spiro atoms. The van der Waals surface area contributed by atoms with E-state index in [1.807, 2.05) is 0 Å². The smallest absolute Gasteiger partial charge is 0.437 e. The average Bonchev–Trinajstić information content (AvgIpc) is 3.23. The number of urea groups is 1. The number of furan rings is 1. The number of benzene rings is 2. The van der Waals surface area contributed by atoms with Crippen molar-refractivity contribution >= 4 is 23.4 Å². The second kappa shape index (κ2) is 7.99. The maximum Gasteiger partial charge on any atom is 0.437 e. The van der Waals surface area contributed by atoms with Crippen molar-refractivity contribution in [3.05, 3.63) is 83.1 Å². The van der Waals surface area contributed by atoms with E-state index in [0.717, 1.165) is 0 Å². The lowest BCUT2D eigenvalue weighted by Gasteiger charge is -2.44. The van der Waals surface area contributed by atoms with E-state index in [2.05, 4.69) is 5.32 Å². The Hall–Kier alpha value is -3.30. The van der Waals surface area contributed by atoms with Gasteiger partial charge in [0.25, 0.3) is 0 Å². The van der Waals surface area contributed by atoms with Crippen LogP contribution in [0.5, 0.6) is 0 Å². The number of nitrogens with one attached hydrogen (secondary N) is 2. The Balaban J connectivity index is 1.82. The predicted molar refractivity (Wildman–Crippen MR) is 109 cm³/mol. The third-order valence-corrected chi connectivity index (χ3v) is 5.55. The van der Waals surface area contributed by atoms with Crippen molar-refractivity contribution in [3.63, 3.8) is 0 Å². The van der Waals surface area contributed by atoms with Gasteiger partial charge in [-0.25, -0.2) is 4.79 Å². The maximum atomic E-state index is 13.9. The number of ketones is 1. The summed E-state index contributed by atoms with van der Waals surface area (Å²) in [5, 5.41) is 14.7. The van der Waals surface area contributed by atoms with Crippen LogP contribution in [0.15, 0.2) is 71.1 Å². The molecule has 2 heterocycles. The summed E-state index contributed by atoms with van der Waals surface area (Å²) in [4.78, 5) is 25.3. The van der Waals surface area contributed by atoms with Crippen molar-refractivity contribution in [1.82, 2.24) is 10.6 Å². The van der Waals surface area contributed by atoms with Crippen LogP contribution in [0.4, 0.5) is 18.0 Å². The molecule has 3 atom stereocenters. The molecule has 0 unspecified atom stereocenters. The molecule has 1 aliphatic heterocycles. The molecule has 0 bridgehead atoms. The SMILES string of the molecule is O=C1N[C@@H](c2ccc(-c3ccccc3Cl)o2)[C@@H](C(=O)c2ccccc2)[C@@](O)(C(F)(F)F)N1. The van der Waals surface area contributed by atoms with Crippen LogP contribution in [-0.4, -0.2) is 28.8 Å².